The smallest absolute Gasteiger partial charge is 0.320 e. The molecule has 0 unspecified atom stereocenters. The zero-order chi connectivity index (χ0) is 23.6. The Hall–Kier alpha value is -3.08. The summed E-state index contributed by atoms with van der Waals surface area (Å²) in [6, 6.07) is 6.32. The molecule has 1 fully saturated rings. The number of anilines is 3. The topological polar surface area (TPSA) is 145 Å². The maximum Gasteiger partial charge on any atom is 0.320 e. The molecule has 10 nitrogen and oxygen atoms in total. The summed E-state index contributed by atoms with van der Waals surface area (Å²) in [5.41, 5.74) is 15.4. The molecule has 0 bridgehead atoms. The normalized spacial score (nSPS) is 16.0. The van der Waals surface area contributed by atoms with Gasteiger partial charge >= 0.3 is 6.01 Å². The van der Waals surface area contributed by atoms with Gasteiger partial charge in [-0.2, -0.15) is 20.3 Å². The lowest BCUT2D eigenvalue weighted by Crippen LogP contribution is -2.57. The molecular formula is C21H18BrN9OS2. The van der Waals surface area contributed by atoms with E-state index >= 15 is 0 Å². The quantitative estimate of drug-likeness (QED) is 0.385. The molecule has 4 aromatic heterocycles. The van der Waals surface area contributed by atoms with Crippen molar-refractivity contribution in [2.24, 2.45) is 0 Å². The summed E-state index contributed by atoms with van der Waals surface area (Å²) in [6.45, 7) is 1.82. The summed E-state index contributed by atoms with van der Waals surface area (Å²) in [5, 5.41) is 15.7. The molecular weight excluding hydrogens is 538 g/mol. The van der Waals surface area contributed by atoms with Crippen LogP contribution in [0.4, 0.5) is 16.6 Å². The van der Waals surface area contributed by atoms with Gasteiger partial charge in [-0.25, -0.2) is 9.67 Å². The van der Waals surface area contributed by atoms with E-state index < -0.39 is 0 Å². The third kappa shape index (κ3) is 3.05. The minimum absolute atomic E-state index is 0.161. The highest BCUT2D eigenvalue weighted by atomic mass is 79.9. The van der Waals surface area contributed by atoms with Crippen molar-refractivity contribution in [1.82, 2.24) is 24.7 Å². The fourth-order valence-corrected chi connectivity index (χ4v) is 7.96. The average Bonchev–Trinajstić information content (AvgIpc) is 3.43. The Morgan fingerprint density at radius 3 is 2.88 bits per heavy atom. The van der Waals surface area contributed by atoms with Crippen molar-refractivity contribution in [2.45, 2.75) is 17.0 Å². The molecule has 0 radical (unpaired) electrons. The molecule has 13 heteroatoms. The third-order valence-electron chi connectivity index (χ3n) is 6.19. The van der Waals surface area contributed by atoms with Crippen molar-refractivity contribution in [3.8, 4) is 12.1 Å². The molecule has 0 aromatic carbocycles. The highest BCUT2D eigenvalue weighted by Gasteiger charge is 2.53. The van der Waals surface area contributed by atoms with E-state index in [1.54, 1.807) is 18.0 Å². The number of thiophene rings is 1. The predicted molar refractivity (Wildman–Crippen MR) is 136 cm³/mol. The van der Waals surface area contributed by atoms with E-state index in [0.29, 0.717) is 46.3 Å². The maximum atomic E-state index is 9.68. The monoisotopic (exact) mass is 555 g/mol. The second-order valence-corrected chi connectivity index (χ2v) is 11.4. The number of methoxy groups -OCH3 is 1. The van der Waals surface area contributed by atoms with Crippen molar-refractivity contribution in [1.29, 1.82) is 5.26 Å². The lowest BCUT2D eigenvalue weighted by molar-refractivity contribution is 0.379. The van der Waals surface area contributed by atoms with Crippen LogP contribution in [0.1, 0.15) is 21.6 Å². The van der Waals surface area contributed by atoms with E-state index in [1.165, 1.54) is 16.2 Å². The number of nitrogen functional groups attached to an aromatic ring is 2. The van der Waals surface area contributed by atoms with Gasteiger partial charge in [-0.05, 0) is 22.0 Å². The Bertz CT molecular complexity index is 1500. The van der Waals surface area contributed by atoms with E-state index in [4.69, 9.17) is 16.2 Å². The summed E-state index contributed by atoms with van der Waals surface area (Å²) in [5.74, 6) is 2.06. The van der Waals surface area contributed by atoms with Crippen LogP contribution in [0.2, 0.25) is 0 Å². The van der Waals surface area contributed by atoms with Gasteiger partial charge in [0, 0.05) is 41.0 Å². The van der Waals surface area contributed by atoms with Crippen LogP contribution in [-0.2, 0) is 17.0 Å². The number of halogens is 1. The first-order valence-electron chi connectivity index (χ1n) is 10.3. The molecule has 6 rings (SSSR count). The Balaban J connectivity index is 1.40. The molecule has 1 spiro atoms. The SMILES string of the molecule is COc1nc(N2CC3(C2)SCc2sc(N)c(C#N)c23)c2c(Br)nn(Cc3cccnc3N)c2n1. The van der Waals surface area contributed by atoms with Gasteiger partial charge in [0.15, 0.2) is 5.65 Å². The Morgan fingerprint density at radius 2 is 2.15 bits per heavy atom. The molecule has 1 saturated heterocycles. The summed E-state index contributed by atoms with van der Waals surface area (Å²) >= 11 is 7.00. The van der Waals surface area contributed by atoms with E-state index in [-0.39, 0.29) is 10.8 Å². The first kappa shape index (κ1) is 21.5. The average molecular weight is 556 g/mol. The first-order valence-corrected chi connectivity index (χ1v) is 12.9. The Morgan fingerprint density at radius 1 is 1.32 bits per heavy atom. The second-order valence-electron chi connectivity index (χ2n) is 8.12. The maximum absolute atomic E-state index is 9.68. The van der Waals surface area contributed by atoms with Crippen molar-refractivity contribution in [3.05, 3.63) is 44.5 Å². The van der Waals surface area contributed by atoms with Crippen molar-refractivity contribution >= 4 is 66.7 Å². The molecule has 0 saturated carbocycles. The molecule has 4 aromatic rings. The van der Waals surface area contributed by atoms with Crippen molar-refractivity contribution < 1.29 is 4.74 Å². The molecule has 0 aliphatic carbocycles. The van der Waals surface area contributed by atoms with Gasteiger partial charge in [-0.1, -0.05) is 6.07 Å². The fraction of sp³-hybridized carbons (Fsp3) is 0.286. The number of thioether (sulfide) groups is 1. The minimum atomic E-state index is -0.161. The number of nitrogens with zero attached hydrogens (tertiary/aromatic N) is 7. The van der Waals surface area contributed by atoms with Crippen LogP contribution in [0.15, 0.2) is 22.9 Å². The summed E-state index contributed by atoms with van der Waals surface area (Å²) in [6.07, 6.45) is 1.66. The Labute approximate surface area is 211 Å². The van der Waals surface area contributed by atoms with Crippen molar-refractivity contribution in [2.75, 3.05) is 36.6 Å². The molecule has 2 aliphatic rings. The van der Waals surface area contributed by atoms with Crippen LogP contribution in [0.3, 0.4) is 0 Å². The highest BCUT2D eigenvalue weighted by molar-refractivity contribution is 9.10. The number of rotatable bonds is 4. The molecule has 34 heavy (non-hydrogen) atoms. The van der Waals surface area contributed by atoms with Gasteiger partial charge in [-0.15, -0.1) is 23.1 Å². The van der Waals surface area contributed by atoms with Crippen LogP contribution in [0.5, 0.6) is 6.01 Å². The summed E-state index contributed by atoms with van der Waals surface area (Å²) in [7, 11) is 1.55. The number of nitriles is 1. The number of hydrogen-bond acceptors (Lipinski definition) is 11. The number of hydrogen-bond donors (Lipinski definition) is 2. The van der Waals surface area contributed by atoms with Gasteiger partial charge < -0.3 is 21.1 Å². The van der Waals surface area contributed by atoms with Crippen LogP contribution in [0.25, 0.3) is 11.0 Å². The molecule has 0 atom stereocenters. The standard InChI is InChI=1S/C21H18BrN9OS2/c1-32-20-27-18(30-8-21(9-30)14-11(5-23)17(25)34-12(14)7-33-21)13-15(22)29-31(19(13)28-20)6-10-3-2-4-26-16(10)24/h2-4H,6-9,25H2,1H3,(H2,24,26). The number of ether oxygens (including phenoxy) is 1. The molecule has 4 N–H and O–H groups in total. The zero-order valence-electron chi connectivity index (χ0n) is 17.9. The summed E-state index contributed by atoms with van der Waals surface area (Å²) in [4.78, 5) is 16.8. The zero-order valence-corrected chi connectivity index (χ0v) is 21.2. The first-order chi connectivity index (χ1) is 16.4. The lowest BCUT2D eigenvalue weighted by Gasteiger charge is -2.48. The van der Waals surface area contributed by atoms with Crippen LogP contribution < -0.4 is 21.1 Å². The lowest BCUT2D eigenvalue weighted by atomic mass is 9.88. The molecule has 0 amide bonds. The number of nitrogens with two attached hydrogens (primary N) is 2. The van der Waals surface area contributed by atoms with Crippen LogP contribution in [0, 0.1) is 11.3 Å². The highest BCUT2D eigenvalue weighted by Crippen LogP contribution is 2.58. The minimum Gasteiger partial charge on any atom is -0.467 e. The van der Waals surface area contributed by atoms with Gasteiger partial charge in [0.2, 0.25) is 0 Å². The van der Waals surface area contributed by atoms with Crippen LogP contribution >= 0.6 is 39.0 Å². The number of pyridine rings is 1. The molecule has 172 valence electrons. The van der Waals surface area contributed by atoms with Gasteiger partial charge in [-0.3, -0.25) is 0 Å². The van der Waals surface area contributed by atoms with E-state index in [0.717, 1.165) is 28.1 Å². The Kier molecular flexibility index (Phi) is 4.87. The van der Waals surface area contributed by atoms with E-state index in [2.05, 4.69) is 46.9 Å². The molecule has 6 heterocycles. The van der Waals surface area contributed by atoms with Crippen molar-refractivity contribution in [3.63, 3.8) is 0 Å². The fourth-order valence-electron chi connectivity index (χ4n) is 4.61. The predicted octanol–water partition coefficient (Wildman–Crippen LogP) is 3.10. The second kappa shape index (κ2) is 7.72. The third-order valence-corrected chi connectivity index (χ3v) is 9.39. The summed E-state index contributed by atoms with van der Waals surface area (Å²) < 4.78 is 7.68. The van der Waals surface area contributed by atoms with Gasteiger partial charge in [0.1, 0.15) is 27.3 Å². The van der Waals surface area contributed by atoms with E-state index in [9.17, 15) is 5.26 Å². The number of aromatic nitrogens is 5. The van der Waals surface area contributed by atoms with E-state index in [1.807, 2.05) is 23.9 Å². The largest absolute Gasteiger partial charge is 0.467 e. The number of fused-ring (bicyclic) bond motifs is 3. The van der Waals surface area contributed by atoms with Gasteiger partial charge in [0.05, 0.1) is 29.4 Å². The van der Waals surface area contributed by atoms with Gasteiger partial charge in [0.25, 0.3) is 0 Å². The van der Waals surface area contributed by atoms with Crippen LogP contribution in [-0.4, -0.2) is 44.9 Å². The molecule has 2 aliphatic heterocycles.